The molecule has 0 spiro atoms. The molecule has 0 aliphatic rings. The van der Waals surface area contributed by atoms with Gasteiger partial charge in [0.05, 0.1) is 5.25 Å². The Bertz CT molecular complexity index is 148. The van der Waals surface area contributed by atoms with E-state index in [1.54, 1.807) is 6.92 Å². The van der Waals surface area contributed by atoms with Gasteiger partial charge in [-0.1, -0.05) is 22.8 Å². The summed E-state index contributed by atoms with van der Waals surface area (Å²) in [4.78, 5) is 0. The van der Waals surface area contributed by atoms with Crippen molar-refractivity contribution < 1.29 is 5.21 Å². The van der Waals surface area contributed by atoms with E-state index < -0.39 is 0 Å². The van der Waals surface area contributed by atoms with Crippen molar-refractivity contribution in [3.8, 4) is 12.3 Å². The average Bonchev–Trinajstić information content (AvgIpc) is 1.87. The molecule has 0 saturated heterocycles. The Kier molecular flexibility index (Phi) is 3.98. The van der Waals surface area contributed by atoms with E-state index in [9.17, 15) is 0 Å². The maximum atomic E-state index is 8.18. The lowest BCUT2D eigenvalue weighted by Gasteiger charge is -1.98. The molecule has 0 aromatic rings. The van der Waals surface area contributed by atoms with Gasteiger partial charge in [0.15, 0.2) is 0 Å². The molecule has 0 amide bonds. The summed E-state index contributed by atoms with van der Waals surface area (Å²) in [6, 6.07) is 0. The van der Waals surface area contributed by atoms with E-state index in [-0.39, 0.29) is 5.25 Å². The Labute approximate surface area is 59.3 Å². The third-order valence-corrected chi connectivity index (χ3v) is 1.64. The van der Waals surface area contributed by atoms with Crippen LogP contribution in [0.3, 0.4) is 0 Å². The van der Waals surface area contributed by atoms with Crippen LogP contribution in [0.25, 0.3) is 0 Å². The van der Waals surface area contributed by atoms with Crippen molar-refractivity contribution in [1.29, 1.82) is 0 Å². The van der Waals surface area contributed by atoms with Crippen LogP contribution in [-0.4, -0.2) is 15.5 Å². The molecule has 1 N–H and O–H groups in total. The molecular formula is C6H9NOS. The first kappa shape index (κ1) is 8.38. The molecular weight excluding hydrogens is 134 g/mol. The molecule has 2 nitrogen and oxygen atoms in total. The third kappa shape index (κ3) is 3.92. The molecule has 0 aliphatic carbocycles. The number of hydrogen-bond acceptors (Lipinski definition) is 3. The highest BCUT2D eigenvalue weighted by molar-refractivity contribution is 8.14. The Morgan fingerprint density at radius 2 is 2.44 bits per heavy atom. The van der Waals surface area contributed by atoms with Crippen molar-refractivity contribution in [2.45, 2.75) is 19.1 Å². The molecule has 50 valence electrons. The molecule has 1 unspecified atom stereocenters. The molecule has 0 bridgehead atoms. The van der Waals surface area contributed by atoms with Crippen molar-refractivity contribution in [1.82, 2.24) is 0 Å². The van der Waals surface area contributed by atoms with Gasteiger partial charge in [0.2, 0.25) is 0 Å². The van der Waals surface area contributed by atoms with Gasteiger partial charge in [-0.2, -0.15) is 0 Å². The predicted molar refractivity (Wildman–Crippen MR) is 40.8 cm³/mol. The van der Waals surface area contributed by atoms with Crippen LogP contribution in [0, 0.1) is 12.3 Å². The quantitative estimate of drug-likeness (QED) is 0.198. The number of nitrogens with zero attached hydrogens (tertiary/aromatic N) is 1. The van der Waals surface area contributed by atoms with Crippen LogP contribution in [0.4, 0.5) is 0 Å². The molecule has 0 aliphatic heterocycles. The van der Waals surface area contributed by atoms with Crippen LogP contribution in [0.2, 0.25) is 0 Å². The minimum absolute atomic E-state index is 0.0842. The predicted octanol–water partition coefficient (Wildman–Crippen LogP) is 1.55. The second kappa shape index (κ2) is 4.28. The maximum Gasteiger partial charge on any atom is 0.110 e. The van der Waals surface area contributed by atoms with Crippen molar-refractivity contribution in [3.05, 3.63) is 0 Å². The summed E-state index contributed by atoms with van der Waals surface area (Å²) in [5, 5.41) is 11.8. The minimum atomic E-state index is 0.0842. The first-order valence-corrected chi connectivity index (χ1v) is 3.40. The van der Waals surface area contributed by atoms with Gasteiger partial charge in [0.1, 0.15) is 5.04 Å². The zero-order chi connectivity index (χ0) is 7.28. The first-order valence-electron chi connectivity index (χ1n) is 2.52. The number of hydrogen-bond donors (Lipinski definition) is 1. The largest absolute Gasteiger partial charge is 0.410 e. The van der Waals surface area contributed by atoms with Gasteiger partial charge in [-0.25, -0.2) is 0 Å². The monoisotopic (exact) mass is 143 g/mol. The summed E-state index contributed by atoms with van der Waals surface area (Å²) in [6.45, 7) is 3.58. The van der Waals surface area contributed by atoms with E-state index in [0.29, 0.717) is 5.04 Å². The Hall–Kier alpha value is -0.620. The topological polar surface area (TPSA) is 32.6 Å². The molecule has 1 atom stereocenters. The Morgan fingerprint density at radius 3 is 2.78 bits per heavy atom. The van der Waals surface area contributed by atoms with E-state index in [4.69, 9.17) is 11.6 Å². The fourth-order valence-electron chi connectivity index (χ4n) is 0.313. The molecule has 0 radical (unpaired) electrons. The smallest absolute Gasteiger partial charge is 0.110 e. The number of rotatable bonds is 1. The number of thioether (sulfide) groups is 1. The van der Waals surface area contributed by atoms with Gasteiger partial charge in [-0.15, -0.1) is 6.42 Å². The SMILES string of the molecule is C#CC(C)SC(C)=NO. The van der Waals surface area contributed by atoms with E-state index in [1.165, 1.54) is 11.8 Å². The van der Waals surface area contributed by atoms with E-state index in [2.05, 4.69) is 11.1 Å². The Morgan fingerprint density at radius 1 is 1.89 bits per heavy atom. The van der Waals surface area contributed by atoms with E-state index in [0.717, 1.165) is 0 Å². The standard InChI is InChI=1S/C6H9NOS/c1-4-5(2)9-6(3)7-8/h1,5,8H,2-3H3. The lowest BCUT2D eigenvalue weighted by molar-refractivity contribution is 0.320. The average molecular weight is 143 g/mol. The summed E-state index contributed by atoms with van der Waals surface area (Å²) in [5.41, 5.74) is 0. The van der Waals surface area contributed by atoms with Crippen molar-refractivity contribution >= 4 is 16.8 Å². The highest BCUT2D eigenvalue weighted by Crippen LogP contribution is 2.10. The van der Waals surface area contributed by atoms with Crippen LogP contribution in [-0.2, 0) is 0 Å². The normalized spacial score (nSPS) is 14.6. The van der Waals surface area contributed by atoms with Crippen LogP contribution < -0.4 is 0 Å². The summed E-state index contributed by atoms with van der Waals surface area (Å²) < 4.78 is 0. The molecule has 3 heteroatoms. The highest BCUT2D eigenvalue weighted by atomic mass is 32.2. The minimum Gasteiger partial charge on any atom is -0.410 e. The fourth-order valence-corrected chi connectivity index (χ4v) is 0.940. The van der Waals surface area contributed by atoms with Crippen LogP contribution in [0.5, 0.6) is 0 Å². The summed E-state index contributed by atoms with van der Waals surface area (Å²) in [7, 11) is 0. The molecule has 0 saturated carbocycles. The lowest BCUT2D eigenvalue weighted by Crippen LogP contribution is -1.94. The molecule has 0 heterocycles. The van der Waals surface area contributed by atoms with Crippen LogP contribution in [0.15, 0.2) is 5.16 Å². The van der Waals surface area contributed by atoms with Crippen molar-refractivity contribution in [2.24, 2.45) is 5.16 Å². The molecule has 0 aromatic carbocycles. The fraction of sp³-hybridized carbons (Fsp3) is 0.500. The van der Waals surface area contributed by atoms with Gasteiger partial charge in [-0.05, 0) is 13.8 Å². The van der Waals surface area contributed by atoms with Crippen LogP contribution in [0.1, 0.15) is 13.8 Å². The Balaban J connectivity index is 3.63. The zero-order valence-electron chi connectivity index (χ0n) is 5.46. The molecule has 0 fully saturated rings. The van der Waals surface area contributed by atoms with E-state index in [1.807, 2.05) is 6.92 Å². The zero-order valence-corrected chi connectivity index (χ0v) is 6.27. The summed E-state index contributed by atoms with van der Waals surface area (Å²) >= 11 is 1.36. The lowest BCUT2D eigenvalue weighted by atomic mass is 10.5. The van der Waals surface area contributed by atoms with Gasteiger partial charge < -0.3 is 5.21 Å². The van der Waals surface area contributed by atoms with Gasteiger partial charge in [-0.3, -0.25) is 0 Å². The van der Waals surface area contributed by atoms with E-state index >= 15 is 0 Å². The summed E-state index contributed by atoms with van der Waals surface area (Å²) in [6.07, 6.45) is 5.07. The third-order valence-electron chi connectivity index (χ3n) is 0.723. The molecule has 0 aromatic heterocycles. The van der Waals surface area contributed by atoms with Gasteiger partial charge >= 0.3 is 0 Å². The first-order chi connectivity index (χ1) is 4.20. The van der Waals surface area contributed by atoms with Crippen molar-refractivity contribution in [3.63, 3.8) is 0 Å². The maximum absolute atomic E-state index is 8.18. The number of terminal acetylenes is 1. The number of oxime groups is 1. The van der Waals surface area contributed by atoms with Crippen LogP contribution >= 0.6 is 11.8 Å². The van der Waals surface area contributed by atoms with Gasteiger partial charge in [0.25, 0.3) is 0 Å². The summed E-state index contributed by atoms with van der Waals surface area (Å²) in [5.74, 6) is 2.50. The molecule has 0 rings (SSSR count). The highest BCUT2D eigenvalue weighted by Gasteiger charge is 1.98. The second-order valence-corrected chi connectivity index (χ2v) is 3.08. The van der Waals surface area contributed by atoms with Gasteiger partial charge in [0, 0.05) is 0 Å². The second-order valence-electron chi connectivity index (χ2n) is 1.55. The van der Waals surface area contributed by atoms with Crippen molar-refractivity contribution in [2.75, 3.05) is 0 Å². The molecule has 9 heavy (non-hydrogen) atoms.